The van der Waals surface area contributed by atoms with Crippen LogP contribution in [0.15, 0.2) is 16.6 Å². The molecule has 72 valence electrons. The van der Waals surface area contributed by atoms with Crippen LogP contribution in [0.5, 0.6) is 5.75 Å². The van der Waals surface area contributed by atoms with Crippen molar-refractivity contribution in [3.8, 4) is 5.75 Å². The zero-order valence-corrected chi connectivity index (χ0v) is 9.64. The van der Waals surface area contributed by atoms with Crippen molar-refractivity contribution in [2.75, 3.05) is 13.9 Å². The van der Waals surface area contributed by atoms with Crippen molar-refractivity contribution in [2.45, 2.75) is 13.8 Å². The number of benzene rings is 1. The molecule has 0 spiro atoms. The quantitative estimate of drug-likeness (QED) is 0.762. The molecule has 0 radical (unpaired) electrons. The first-order valence-electron chi connectivity index (χ1n) is 4.03. The fourth-order valence-corrected chi connectivity index (χ4v) is 1.93. The highest BCUT2D eigenvalue weighted by molar-refractivity contribution is 9.10. The molecule has 2 nitrogen and oxygen atoms in total. The summed E-state index contributed by atoms with van der Waals surface area (Å²) in [5.74, 6) is 0.907. The maximum atomic E-state index is 5.43. The standard InChI is InChI=1S/C10H13BrO2/c1-7-4-9(11)5-8(2)10(7)13-6-12-3/h4-5H,6H2,1-3H3. The molecule has 1 rings (SSSR count). The van der Waals surface area contributed by atoms with Gasteiger partial charge in [-0.3, -0.25) is 0 Å². The van der Waals surface area contributed by atoms with Crippen LogP contribution in [-0.4, -0.2) is 13.9 Å². The Balaban J connectivity index is 2.92. The van der Waals surface area contributed by atoms with Crippen molar-refractivity contribution in [2.24, 2.45) is 0 Å². The lowest BCUT2D eigenvalue weighted by atomic mass is 10.1. The lowest BCUT2D eigenvalue weighted by molar-refractivity contribution is 0.0501. The van der Waals surface area contributed by atoms with Gasteiger partial charge in [-0.25, -0.2) is 0 Å². The summed E-state index contributed by atoms with van der Waals surface area (Å²) >= 11 is 3.43. The molecule has 3 heteroatoms. The summed E-state index contributed by atoms with van der Waals surface area (Å²) in [5, 5.41) is 0. The highest BCUT2D eigenvalue weighted by Gasteiger charge is 2.04. The molecule has 0 atom stereocenters. The van der Waals surface area contributed by atoms with Crippen LogP contribution >= 0.6 is 15.9 Å². The maximum absolute atomic E-state index is 5.43. The van der Waals surface area contributed by atoms with Crippen LogP contribution in [0.3, 0.4) is 0 Å². The Morgan fingerprint density at radius 2 is 1.77 bits per heavy atom. The van der Waals surface area contributed by atoms with Gasteiger partial charge in [-0.1, -0.05) is 15.9 Å². The number of hydrogen-bond acceptors (Lipinski definition) is 2. The second kappa shape index (κ2) is 4.63. The fraction of sp³-hybridized carbons (Fsp3) is 0.400. The molecular formula is C10H13BrO2. The van der Waals surface area contributed by atoms with E-state index in [0.29, 0.717) is 6.79 Å². The van der Waals surface area contributed by atoms with Crippen LogP contribution < -0.4 is 4.74 Å². The zero-order valence-electron chi connectivity index (χ0n) is 8.06. The summed E-state index contributed by atoms with van der Waals surface area (Å²) in [6.45, 7) is 4.33. The number of methoxy groups -OCH3 is 1. The van der Waals surface area contributed by atoms with Gasteiger partial charge in [0.15, 0.2) is 6.79 Å². The fourth-order valence-electron chi connectivity index (χ4n) is 1.24. The highest BCUT2D eigenvalue weighted by atomic mass is 79.9. The molecule has 0 saturated carbocycles. The minimum absolute atomic E-state index is 0.295. The summed E-state index contributed by atoms with van der Waals surface area (Å²) in [7, 11) is 1.61. The van der Waals surface area contributed by atoms with Crippen LogP contribution in [-0.2, 0) is 4.74 Å². The summed E-state index contributed by atoms with van der Waals surface area (Å²) in [6, 6.07) is 4.05. The van der Waals surface area contributed by atoms with Crippen LogP contribution in [0.25, 0.3) is 0 Å². The third-order valence-electron chi connectivity index (χ3n) is 1.75. The van der Waals surface area contributed by atoms with Crippen LogP contribution in [0, 0.1) is 13.8 Å². The van der Waals surface area contributed by atoms with E-state index in [0.717, 1.165) is 21.3 Å². The molecule has 0 fully saturated rings. The molecule has 0 heterocycles. The van der Waals surface area contributed by atoms with Gasteiger partial charge >= 0.3 is 0 Å². The van der Waals surface area contributed by atoms with E-state index >= 15 is 0 Å². The summed E-state index contributed by atoms with van der Waals surface area (Å²) < 4.78 is 11.4. The molecule has 13 heavy (non-hydrogen) atoms. The summed E-state index contributed by atoms with van der Waals surface area (Å²) in [5.41, 5.74) is 2.23. The molecule has 0 N–H and O–H groups in total. The molecule has 0 bridgehead atoms. The van der Waals surface area contributed by atoms with Crippen molar-refractivity contribution < 1.29 is 9.47 Å². The van der Waals surface area contributed by atoms with E-state index in [2.05, 4.69) is 15.9 Å². The van der Waals surface area contributed by atoms with Crippen LogP contribution in [0.2, 0.25) is 0 Å². The Kier molecular flexibility index (Phi) is 3.75. The van der Waals surface area contributed by atoms with Crippen LogP contribution in [0.1, 0.15) is 11.1 Å². The van der Waals surface area contributed by atoms with Gasteiger partial charge in [0.1, 0.15) is 5.75 Å². The van der Waals surface area contributed by atoms with Crippen LogP contribution in [0.4, 0.5) is 0 Å². The first-order chi connectivity index (χ1) is 6.15. The topological polar surface area (TPSA) is 18.5 Å². The predicted octanol–water partition coefficient (Wildman–Crippen LogP) is 3.05. The second-order valence-electron chi connectivity index (χ2n) is 2.92. The minimum atomic E-state index is 0.295. The number of ether oxygens (including phenoxy) is 2. The molecule has 0 aliphatic rings. The van der Waals surface area contributed by atoms with Gasteiger partial charge in [-0.15, -0.1) is 0 Å². The molecule has 0 aliphatic heterocycles. The normalized spacial score (nSPS) is 10.2. The Labute approximate surface area is 87.0 Å². The first-order valence-corrected chi connectivity index (χ1v) is 4.83. The molecule has 0 aliphatic carbocycles. The molecular weight excluding hydrogens is 232 g/mol. The molecule has 0 amide bonds. The van der Waals surface area contributed by atoms with Gasteiger partial charge in [0.25, 0.3) is 0 Å². The first kappa shape index (κ1) is 10.5. The lowest BCUT2D eigenvalue weighted by Crippen LogP contribution is -2.01. The van der Waals surface area contributed by atoms with Gasteiger partial charge in [0, 0.05) is 11.6 Å². The monoisotopic (exact) mass is 244 g/mol. The Morgan fingerprint density at radius 3 is 2.23 bits per heavy atom. The van der Waals surface area contributed by atoms with Crippen molar-refractivity contribution in [3.63, 3.8) is 0 Å². The Morgan fingerprint density at radius 1 is 1.23 bits per heavy atom. The van der Waals surface area contributed by atoms with E-state index in [-0.39, 0.29) is 0 Å². The average molecular weight is 245 g/mol. The number of rotatable bonds is 3. The number of aryl methyl sites for hydroxylation is 2. The van der Waals surface area contributed by atoms with E-state index < -0.39 is 0 Å². The Hall–Kier alpha value is -0.540. The van der Waals surface area contributed by atoms with Crippen molar-refractivity contribution in [3.05, 3.63) is 27.7 Å². The largest absolute Gasteiger partial charge is 0.467 e. The SMILES string of the molecule is COCOc1c(C)cc(Br)cc1C. The van der Waals surface area contributed by atoms with Gasteiger partial charge < -0.3 is 9.47 Å². The second-order valence-corrected chi connectivity index (χ2v) is 3.84. The molecule has 0 unspecified atom stereocenters. The van der Waals surface area contributed by atoms with Crippen molar-refractivity contribution >= 4 is 15.9 Å². The number of halogens is 1. The van der Waals surface area contributed by atoms with E-state index in [9.17, 15) is 0 Å². The lowest BCUT2D eigenvalue weighted by Gasteiger charge is -2.11. The molecule has 0 aromatic heterocycles. The van der Waals surface area contributed by atoms with E-state index in [1.807, 2.05) is 26.0 Å². The highest BCUT2D eigenvalue weighted by Crippen LogP contribution is 2.27. The van der Waals surface area contributed by atoms with Crippen molar-refractivity contribution in [1.29, 1.82) is 0 Å². The third kappa shape index (κ3) is 2.71. The Bertz CT molecular complexity index is 274. The molecule has 1 aromatic carbocycles. The molecule has 0 saturated heterocycles. The number of hydrogen-bond donors (Lipinski definition) is 0. The van der Waals surface area contributed by atoms with E-state index in [1.54, 1.807) is 7.11 Å². The van der Waals surface area contributed by atoms with Crippen molar-refractivity contribution in [1.82, 2.24) is 0 Å². The smallest absolute Gasteiger partial charge is 0.188 e. The van der Waals surface area contributed by atoms with E-state index in [1.165, 1.54) is 0 Å². The van der Waals surface area contributed by atoms with Gasteiger partial charge in [-0.05, 0) is 37.1 Å². The maximum Gasteiger partial charge on any atom is 0.188 e. The predicted molar refractivity (Wildman–Crippen MR) is 56.1 cm³/mol. The molecule has 1 aromatic rings. The third-order valence-corrected chi connectivity index (χ3v) is 2.20. The summed E-state index contributed by atoms with van der Waals surface area (Å²) in [4.78, 5) is 0. The van der Waals surface area contributed by atoms with Gasteiger partial charge in [-0.2, -0.15) is 0 Å². The average Bonchev–Trinajstić information content (AvgIpc) is 2.02. The minimum Gasteiger partial charge on any atom is -0.467 e. The zero-order chi connectivity index (χ0) is 9.84. The van der Waals surface area contributed by atoms with Gasteiger partial charge in [0.05, 0.1) is 0 Å². The van der Waals surface area contributed by atoms with Gasteiger partial charge in [0.2, 0.25) is 0 Å². The summed E-state index contributed by atoms with van der Waals surface area (Å²) in [6.07, 6.45) is 0. The van der Waals surface area contributed by atoms with E-state index in [4.69, 9.17) is 9.47 Å².